The standard InChI is InChI=1S/C16H19NO2/c1-2-15(11-18)17-16(19)10-12-7-8-13-5-3-4-6-14(13)9-12/h3-9,15,18H,2,10-11H2,1H3,(H,17,19)/t15-/m1/s1. The van der Waals surface area contributed by atoms with Crippen LogP contribution in [0.1, 0.15) is 18.9 Å². The van der Waals surface area contributed by atoms with Gasteiger partial charge in [0, 0.05) is 0 Å². The molecule has 19 heavy (non-hydrogen) atoms. The molecule has 1 atom stereocenters. The molecule has 0 saturated heterocycles. The topological polar surface area (TPSA) is 49.3 Å². The zero-order valence-electron chi connectivity index (χ0n) is 11.1. The Balaban J connectivity index is 2.06. The summed E-state index contributed by atoms with van der Waals surface area (Å²) in [5.74, 6) is -0.0452. The molecule has 0 unspecified atom stereocenters. The van der Waals surface area contributed by atoms with Crippen molar-refractivity contribution in [2.75, 3.05) is 6.61 Å². The first-order valence-corrected chi connectivity index (χ1v) is 6.61. The molecular formula is C16H19NO2. The SMILES string of the molecule is CC[C@H](CO)NC(=O)Cc1ccc2ccccc2c1. The number of aliphatic hydroxyl groups is 1. The molecule has 0 spiro atoms. The normalized spacial score (nSPS) is 12.3. The van der Waals surface area contributed by atoms with Gasteiger partial charge in [0.05, 0.1) is 19.1 Å². The van der Waals surface area contributed by atoms with E-state index < -0.39 is 0 Å². The number of fused-ring (bicyclic) bond motifs is 1. The number of carbonyl (C=O) groups is 1. The third kappa shape index (κ3) is 3.55. The first-order valence-electron chi connectivity index (χ1n) is 6.61. The van der Waals surface area contributed by atoms with Crippen LogP contribution in [0.2, 0.25) is 0 Å². The van der Waals surface area contributed by atoms with Crippen LogP contribution < -0.4 is 5.32 Å². The molecule has 0 heterocycles. The first-order chi connectivity index (χ1) is 9.22. The highest BCUT2D eigenvalue weighted by Crippen LogP contribution is 2.15. The van der Waals surface area contributed by atoms with Crippen LogP contribution in [0.5, 0.6) is 0 Å². The minimum atomic E-state index is -0.145. The molecule has 2 aromatic carbocycles. The smallest absolute Gasteiger partial charge is 0.224 e. The summed E-state index contributed by atoms with van der Waals surface area (Å²) in [6.45, 7) is 1.93. The van der Waals surface area contributed by atoms with Gasteiger partial charge in [-0.05, 0) is 22.8 Å². The van der Waals surface area contributed by atoms with Gasteiger partial charge >= 0.3 is 0 Å². The maximum Gasteiger partial charge on any atom is 0.224 e. The van der Waals surface area contributed by atoms with Crippen LogP contribution >= 0.6 is 0 Å². The molecule has 2 aromatic rings. The second-order valence-corrected chi connectivity index (χ2v) is 4.71. The lowest BCUT2D eigenvalue weighted by atomic mass is 10.0. The lowest BCUT2D eigenvalue weighted by molar-refractivity contribution is -0.121. The molecule has 0 aliphatic carbocycles. The van der Waals surface area contributed by atoms with E-state index in [4.69, 9.17) is 5.11 Å². The van der Waals surface area contributed by atoms with Gasteiger partial charge in [-0.3, -0.25) is 4.79 Å². The largest absolute Gasteiger partial charge is 0.394 e. The van der Waals surface area contributed by atoms with Crippen molar-refractivity contribution in [2.24, 2.45) is 0 Å². The summed E-state index contributed by atoms with van der Waals surface area (Å²) < 4.78 is 0. The molecule has 0 aliphatic rings. The molecule has 0 radical (unpaired) electrons. The van der Waals surface area contributed by atoms with Gasteiger partial charge < -0.3 is 10.4 Å². The van der Waals surface area contributed by atoms with E-state index in [1.807, 2.05) is 43.3 Å². The van der Waals surface area contributed by atoms with Crippen molar-refractivity contribution in [1.82, 2.24) is 5.32 Å². The summed E-state index contributed by atoms with van der Waals surface area (Å²) in [5, 5.41) is 14.2. The third-order valence-corrected chi connectivity index (χ3v) is 3.26. The summed E-state index contributed by atoms with van der Waals surface area (Å²) in [7, 11) is 0. The molecule has 0 bridgehead atoms. The zero-order chi connectivity index (χ0) is 13.7. The molecule has 0 saturated carbocycles. The fourth-order valence-electron chi connectivity index (χ4n) is 2.09. The highest BCUT2D eigenvalue weighted by atomic mass is 16.3. The Morgan fingerprint density at radius 1 is 1.21 bits per heavy atom. The Bertz CT molecular complexity index is 561. The van der Waals surface area contributed by atoms with E-state index in [9.17, 15) is 4.79 Å². The van der Waals surface area contributed by atoms with E-state index in [2.05, 4.69) is 11.4 Å². The average Bonchev–Trinajstić information content (AvgIpc) is 2.44. The van der Waals surface area contributed by atoms with Crippen molar-refractivity contribution in [1.29, 1.82) is 0 Å². The van der Waals surface area contributed by atoms with E-state index in [1.54, 1.807) is 0 Å². The van der Waals surface area contributed by atoms with Gasteiger partial charge in [-0.15, -0.1) is 0 Å². The predicted octanol–water partition coefficient (Wildman–Crippen LogP) is 2.27. The van der Waals surface area contributed by atoms with Crippen molar-refractivity contribution in [3.63, 3.8) is 0 Å². The van der Waals surface area contributed by atoms with E-state index in [1.165, 1.54) is 5.39 Å². The number of amides is 1. The van der Waals surface area contributed by atoms with E-state index in [-0.39, 0.29) is 18.6 Å². The van der Waals surface area contributed by atoms with Gasteiger partial charge in [0.2, 0.25) is 5.91 Å². The molecule has 0 aliphatic heterocycles. The highest BCUT2D eigenvalue weighted by molar-refractivity contribution is 5.85. The van der Waals surface area contributed by atoms with Crippen molar-refractivity contribution in [3.8, 4) is 0 Å². The zero-order valence-corrected chi connectivity index (χ0v) is 11.1. The lowest BCUT2D eigenvalue weighted by Crippen LogP contribution is -2.37. The number of hydrogen-bond donors (Lipinski definition) is 2. The Morgan fingerprint density at radius 3 is 2.63 bits per heavy atom. The molecule has 2 N–H and O–H groups in total. The van der Waals surface area contributed by atoms with Crippen LogP contribution in [0, 0.1) is 0 Å². The molecule has 2 rings (SSSR count). The van der Waals surface area contributed by atoms with Crippen LogP contribution in [0.25, 0.3) is 10.8 Å². The van der Waals surface area contributed by atoms with E-state index in [0.717, 1.165) is 17.4 Å². The molecule has 3 nitrogen and oxygen atoms in total. The highest BCUT2D eigenvalue weighted by Gasteiger charge is 2.09. The van der Waals surface area contributed by atoms with Crippen LogP contribution in [0.3, 0.4) is 0 Å². The van der Waals surface area contributed by atoms with Gasteiger partial charge in [-0.2, -0.15) is 0 Å². The van der Waals surface area contributed by atoms with E-state index >= 15 is 0 Å². The Labute approximate surface area is 113 Å². The van der Waals surface area contributed by atoms with Gasteiger partial charge in [0.15, 0.2) is 0 Å². The summed E-state index contributed by atoms with van der Waals surface area (Å²) in [6, 6.07) is 14.0. The van der Waals surface area contributed by atoms with Crippen molar-refractivity contribution in [3.05, 3.63) is 48.0 Å². The number of carbonyl (C=O) groups excluding carboxylic acids is 1. The second kappa shape index (κ2) is 6.34. The number of hydrogen-bond acceptors (Lipinski definition) is 2. The van der Waals surface area contributed by atoms with Crippen molar-refractivity contribution in [2.45, 2.75) is 25.8 Å². The molecule has 0 aromatic heterocycles. The maximum atomic E-state index is 11.9. The van der Waals surface area contributed by atoms with Crippen molar-refractivity contribution < 1.29 is 9.90 Å². The molecular weight excluding hydrogens is 238 g/mol. The number of benzene rings is 2. The predicted molar refractivity (Wildman–Crippen MR) is 77.0 cm³/mol. The van der Waals surface area contributed by atoms with Crippen LogP contribution in [-0.2, 0) is 11.2 Å². The Kier molecular flexibility index (Phi) is 4.53. The Hall–Kier alpha value is -1.87. The summed E-state index contributed by atoms with van der Waals surface area (Å²) in [5.41, 5.74) is 0.990. The van der Waals surface area contributed by atoms with Crippen LogP contribution in [-0.4, -0.2) is 23.7 Å². The number of aliphatic hydroxyl groups excluding tert-OH is 1. The summed E-state index contributed by atoms with van der Waals surface area (Å²) in [4.78, 5) is 11.9. The number of rotatable bonds is 5. The monoisotopic (exact) mass is 257 g/mol. The summed E-state index contributed by atoms with van der Waals surface area (Å²) in [6.07, 6.45) is 1.08. The lowest BCUT2D eigenvalue weighted by Gasteiger charge is -2.14. The first kappa shape index (κ1) is 13.6. The van der Waals surface area contributed by atoms with Crippen LogP contribution in [0.4, 0.5) is 0 Å². The van der Waals surface area contributed by atoms with Gasteiger partial charge in [0.1, 0.15) is 0 Å². The molecule has 100 valence electrons. The van der Waals surface area contributed by atoms with Gasteiger partial charge in [0.25, 0.3) is 0 Å². The fourth-order valence-corrected chi connectivity index (χ4v) is 2.09. The quantitative estimate of drug-likeness (QED) is 0.863. The van der Waals surface area contributed by atoms with Gasteiger partial charge in [-0.25, -0.2) is 0 Å². The minimum absolute atomic E-state index is 0.0139. The molecule has 0 fully saturated rings. The average molecular weight is 257 g/mol. The number of nitrogens with one attached hydrogen (secondary N) is 1. The maximum absolute atomic E-state index is 11.9. The fraction of sp³-hybridized carbons (Fsp3) is 0.312. The van der Waals surface area contributed by atoms with Crippen molar-refractivity contribution >= 4 is 16.7 Å². The Morgan fingerprint density at radius 2 is 1.95 bits per heavy atom. The molecule has 1 amide bonds. The summed E-state index contributed by atoms with van der Waals surface area (Å²) >= 11 is 0. The van der Waals surface area contributed by atoms with Gasteiger partial charge in [-0.1, -0.05) is 49.4 Å². The minimum Gasteiger partial charge on any atom is -0.394 e. The third-order valence-electron chi connectivity index (χ3n) is 3.26. The van der Waals surface area contributed by atoms with E-state index in [0.29, 0.717) is 6.42 Å². The van der Waals surface area contributed by atoms with Crippen LogP contribution in [0.15, 0.2) is 42.5 Å². The molecule has 3 heteroatoms. The second-order valence-electron chi connectivity index (χ2n) is 4.71.